The Morgan fingerprint density at radius 3 is 2.42 bits per heavy atom. The van der Waals surface area contributed by atoms with Crippen LogP contribution >= 0.6 is 45.8 Å². The highest BCUT2D eigenvalue weighted by molar-refractivity contribution is 14.1. The van der Waals surface area contributed by atoms with Crippen molar-refractivity contribution in [1.82, 2.24) is 9.97 Å². The van der Waals surface area contributed by atoms with E-state index >= 15 is 0 Å². The third-order valence-electron chi connectivity index (χ3n) is 2.63. The fourth-order valence-corrected chi connectivity index (χ4v) is 2.79. The first-order valence-electron chi connectivity index (χ1n) is 5.68. The first kappa shape index (κ1) is 14.8. The van der Waals surface area contributed by atoms with Crippen LogP contribution in [0, 0.1) is 3.57 Å². The lowest BCUT2D eigenvalue weighted by Crippen LogP contribution is -2.06. The molecule has 0 atom stereocenters. The Labute approximate surface area is 135 Å². The number of benzene rings is 1. The third-order valence-corrected chi connectivity index (χ3v) is 4.47. The number of nitrogens with two attached hydrogens (primary N) is 1. The van der Waals surface area contributed by atoms with Crippen LogP contribution < -0.4 is 5.73 Å². The number of halogens is 3. The second-order valence-electron chi connectivity index (χ2n) is 4.42. The number of aromatic nitrogens is 2. The predicted molar refractivity (Wildman–Crippen MR) is 88.7 cm³/mol. The van der Waals surface area contributed by atoms with Crippen LogP contribution in [0.25, 0.3) is 11.4 Å². The van der Waals surface area contributed by atoms with Crippen LogP contribution in [-0.4, -0.2) is 9.97 Å². The van der Waals surface area contributed by atoms with Crippen LogP contribution in [-0.2, 0) is 0 Å². The van der Waals surface area contributed by atoms with E-state index in [-0.39, 0.29) is 5.92 Å². The van der Waals surface area contributed by atoms with E-state index in [2.05, 4.69) is 46.4 Å². The van der Waals surface area contributed by atoms with Crippen molar-refractivity contribution in [2.45, 2.75) is 19.8 Å². The fraction of sp³-hybridized carbons (Fsp3) is 0.231. The van der Waals surface area contributed by atoms with E-state index in [9.17, 15) is 0 Å². The Balaban J connectivity index is 2.59. The van der Waals surface area contributed by atoms with E-state index in [0.29, 0.717) is 21.7 Å². The number of rotatable bonds is 2. The molecule has 1 heterocycles. The van der Waals surface area contributed by atoms with Crippen molar-refractivity contribution in [3.8, 4) is 11.4 Å². The van der Waals surface area contributed by atoms with Gasteiger partial charge in [0.25, 0.3) is 0 Å². The van der Waals surface area contributed by atoms with E-state index in [0.717, 1.165) is 14.8 Å². The summed E-state index contributed by atoms with van der Waals surface area (Å²) >= 11 is 14.1. The van der Waals surface area contributed by atoms with Gasteiger partial charge in [-0.15, -0.1) is 0 Å². The summed E-state index contributed by atoms with van der Waals surface area (Å²) in [5.41, 5.74) is 7.69. The lowest BCUT2D eigenvalue weighted by molar-refractivity contribution is 0.810. The first-order chi connectivity index (χ1) is 8.90. The van der Waals surface area contributed by atoms with Gasteiger partial charge in [0.2, 0.25) is 0 Å². The second-order valence-corrected chi connectivity index (χ2v) is 6.31. The Bertz CT molecular complexity index is 630. The Morgan fingerprint density at radius 1 is 1.16 bits per heavy atom. The van der Waals surface area contributed by atoms with Gasteiger partial charge in [0.05, 0.1) is 19.3 Å². The van der Waals surface area contributed by atoms with E-state index in [4.69, 9.17) is 28.9 Å². The molecule has 3 nitrogen and oxygen atoms in total. The standard InChI is InChI=1S/C13H12Cl2IN3/c1-6(2)11-10(16)12(17)19-13(18-11)7-3-4-8(14)9(15)5-7/h3-6H,1-2H3,(H2,17,18,19). The smallest absolute Gasteiger partial charge is 0.161 e. The van der Waals surface area contributed by atoms with Crippen LogP contribution in [0.4, 0.5) is 5.82 Å². The van der Waals surface area contributed by atoms with Crippen LogP contribution in [0.3, 0.4) is 0 Å². The van der Waals surface area contributed by atoms with Crippen LogP contribution in [0.2, 0.25) is 10.0 Å². The van der Waals surface area contributed by atoms with Crippen molar-refractivity contribution in [3.63, 3.8) is 0 Å². The molecule has 0 unspecified atom stereocenters. The summed E-state index contributed by atoms with van der Waals surface area (Å²) in [6, 6.07) is 5.31. The lowest BCUT2D eigenvalue weighted by atomic mass is 10.1. The van der Waals surface area contributed by atoms with Gasteiger partial charge in [-0.1, -0.05) is 37.0 Å². The minimum atomic E-state index is 0.277. The summed E-state index contributed by atoms with van der Waals surface area (Å²) in [4.78, 5) is 8.89. The van der Waals surface area contributed by atoms with Crippen LogP contribution in [0.5, 0.6) is 0 Å². The van der Waals surface area contributed by atoms with Gasteiger partial charge in [-0.25, -0.2) is 9.97 Å². The first-order valence-corrected chi connectivity index (χ1v) is 7.52. The fourth-order valence-electron chi connectivity index (χ4n) is 1.63. The number of nitrogens with zero attached hydrogens (tertiary/aromatic N) is 2. The van der Waals surface area contributed by atoms with E-state index in [1.807, 2.05) is 6.07 Å². The second kappa shape index (κ2) is 5.81. The third kappa shape index (κ3) is 3.12. The quantitative estimate of drug-likeness (QED) is 0.730. The van der Waals surface area contributed by atoms with Crippen molar-refractivity contribution in [1.29, 1.82) is 0 Å². The summed E-state index contributed by atoms with van der Waals surface area (Å²) in [6.45, 7) is 4.14. The molecule has 0 amide bonds. The van der Waals surface area contributed by atoms with Crippen LogP contribution in [0.1, 0.15) is 25.5 Å². The Hall–Kier alpha value is -0.590. The zero-order valence-electron chi connectivity index (χ0n) is 10.4. The summed E-state index contributed by atoms with van der Waals surface area (Å²) in [7, 11) is 0. The highest BCUT2D eigenvalue weighted by Crippen LogP contribution is 2.30. The number of nitrogen functional groups attached to an aromatic ring is 1. The molecule has 0 spiro atoms. The van der Waals surface area contributed by atoms with Crippen molar-refractivity contribution >= 4 is 51.6 Å². The number of hydrogen-bond acceptors (Lipinski definition) is 3. The molecule has 19 heavy (non-hydrogen) atoms. The maximum absolute atomic E-state index is 6.02. The SMILES string of the molecule is CC(C)c1nc(-c2ccc(Cl)c(Cl)c2)nc(N)c1I. The molecule has 0 aliphatic carbocycles. The molecule has 1 aromatic carbocycles. The van der Waals surface area contributed by atoms with Crippen LogP contribution in [0.15, 0.2) is 18.2 Å². The molecule has 0 saturated carbocycles. The number of hydrogen-bond donors (Lipinski definition) is 1. The molecule has 2 N–H and O–H groups in total. The zero-order valence-corrected chi connectivity index (χ0v) is 14.1. The maximum atomic E-state index is 6.02. The van der Waals surface area contributed by atoms with Gasteiger partial charge >= 0.3 is 0 Å². The van der Waals surface area contributed by atoms with E-state index < -0.39 is 0 Å². The van der Waals surface area contributed by atoms with Gasteiger partial charge in [-0.05, 0) is 46.7 Å². The van der Waals surface area contributed by atoms with Crippen molar-refractivity contribution in [2.24, 2.45) is 0 Å². The topological polar surface area (TPSA) is 51.8 Å². The van der Waals surface area contributed by atoms with E-state index in [1.165, 1.54) is 0 Å². The lowest BCUT2D eigenvalue weighted by Gasteiger charge is -2.11. The Morgan fingerprint density at radius 2 is 1.84 bits per heavy atom. The summed E-state index contributed by atoms with van der Waals surface area (Å²) in [5.74, 6) is 1.33. The summed E-state index contributed by atoms with van der Waals surface area (Å²) in [5, 5.41) is 0.985. The van der Waals surface area contributed by atoms with Crippen molar-refractivity contribution in [3.05, 3.63) is 37.5 Å². The summed E-state index contributed by atoms with van der Waals surface area (Å²) in [6.07, 6.45) is 0. The molecule has 0 radical (unpaired) electrons. The minimum Gasteiger partial charge on any atom is -0.383 e. The predicted octanol–water partition coefficient (Wildman–Crippen LogP) is 4.76. The normalized spacial score (nSPS) is 11.1. The molecule has 2 aromatic rings. The molecule has 0 bridgehead atoms. The molecular formula is C13H12Cl2IN3. The van der Waals surface area contributed by atoms with Gasteiger partial charge < -0.3 is 5.73 Å². The van der Waals surface area contributed by atoms with Gasteiger partial charge in [-0.2, -0.15) is 0 Å². The van der Waals surface area contributed by atoms with Crippen molar-refractivity contribution in [2.75, 3.05) is 5.73 Å². The van der Waals surface area contributed by atoms with Crippen molar-refractivity contribution < 1.29 is 0 Å². The number of anilines is 1. The summed E-state index contributed by atoms with van der Waals surface area (Å²) < 4.78 is 0.899. The molecule has 6 heteroatoms. The molecule has 2 rings (SSSR count). The molecule has 0 aliphatic heterocycles. The molecule has 0 aliphatic rings. The Kier molecular flexibility index (Phi) is 4.53. The molecule has 100 valence electrons. The highest BCUT2D eigenvalue weighted by Gasteiger charge is 2.14. The van der Waals surface area contributed by atoms with Gasteiger partial charge in [0, 0.05) is 5.56 Å². The highest BCUT2D eigenvalue weighted by atomic mass is 127. The van der Waals surface area contributed by atoms with E-state index in [1.54, 1.807) is 12.1 Å². The molecule has 1 aromatic heterocycles. The van der Waals surface area contributed by atoms with Gasteiger partial charge in [-0.3, -0.25) is 0 Å². The average molecular weight is 408 g/mol. The molecular weight excluding hydrogens is 396 g/mol. The largest absolute Gasteiger partial charge is 0.383 e. The minimum absolute atomic E-state index is 0.277. The van der Waals surface area contributed by atoms with Gasteiger partial charge in [0.1, 0.15) is 5.82 Å². The molecule has 0 saturated heterocycles. The zero-order chi connectivity index (χ0) is 14.2. The monoisotopic (exact) mass is 407 g/mol. The molecule has 0 fully saturated rings. The maximum Gasteiger partial charge on any atom is 0.161 e. The average Bonchev–Trinajstić information content (AvgIpc) is 2.35. The van der Waals surface area contributed by atoms with Gasteiger partial charge in [0.15, 0.2) is 5.82 Å².